The molecular weight excluding hydrogens is 399 g/mol. The molecule has 0 aromatic heterocycles. The molecule has 0 radical (unpaired) electrons. The second-order valence-corrected chi connectivity index (χ2v) is 8.63. The molecule has 0 unspecified atom stereocenters. The monoisotopic (exact) mass is 422 g/mol. The summed E-state index contributed by atoms with van der Waals surface area (Å²) in [7, 11) is -3.43. The average Bonchev–Trinajstić information content (AvgIpc) is 2.60. The van der Waals surface area contributed by atoms with E-state index < -0.39 is 10.2 Å². The van der Waals surface area contributed by atoms with E-state index in [-0.39, 0.29) is 12.5 Å². The SMILES string of the molecule is CCN(CC)S(=O)(=O)N1CCN(CC(=O)Nc2cccc(Cl)c2Cl)CC1. The molecule has 7 nitrogen and oxygen atoms in total. The second kappa shape index (κ2) is 9.34. The van der Waals surface area contributed by atoms with Gasteiger partial charge in [0.2, 0.25) is 5.91 Å². The molecule has 1 aromatic carbocycles. The van der Waals surface area contributed by atoms with Gasteiger partial charge in [-0.25, -0.2) is 0 Å². The maximum Gasteiger partial charge on any atom is 0.282 e. The number of carbonyl (C=O) groups excluding carboxylic acids is 1. The van der Waals surface area contributed by atoms with Crippen molar-refractivity contribution in [1.29, 1.82) is 0 Å². The lowest BCUT2D eigenvalue weighted by molar-refractivity contribution is -0.117. The Morgan fingerprint density at radius 3 is 2.35 bits per heavy atom. The van der Waals surface area contributed by atoms with Crippen molar-refractivity contribution >= 4 is 45.0 Å². The van der Waals surface area contributed by atoms with Crippen LogP contribution in [0.4, 0.5) is 5.69 Å². The van der Waals surface area contributed by atoms with E-state index in [0.717, 1.165) is 0 Å². The molecule has 2 rings (SSSR count). The van der Waals surface area contributed by atoms with Crippen LogP contribution in [-0.4, -0.2) is 73.6 Å². The number of rotatable bonds is 7. The number of carbonyl (C=O) groups is 1. The predicted molar refractivity (Wildman–Crippen MR) is 105 cm³/mol. The number of nitrogens with zero attached hydrogens (tertiary/aromatic N) is 3. The van der Waals surface area contributed by atoms with E-state index in [2.05, 4.69) is 5.32 Å². The van der Waals surface area contributed by atoms with Gasteiger partial charge in [-0.1, -0.05) is 43.1 Å². The number of hydrogen-bond donors (Lipinski definition) is 1. The van der Waals surface area contributed by atoms with Crippen molar-refractivity contribution in [3.8, 4) is 0 Å². The number of amides is 1. The molecular formula is C16H24Cl2N4O3S. The minimum absolute atomic E-state index is 0.169. The molecule has 1 saturated heterocycles. The summed E-state index contributed by atoms with van der Waals surface area (Å²) in [5.74, 6) is -0.214. The van der Waals surface area contributed by atoms with Gasteiger partial charge in [0.25, 0.3) is 10.2 Å². The van der Waals surface area contributed by atoms with Crippen molar-refractivity contribution in [3.63, 3.8) is 0 Å². The first-order valence-electron chi connectivity index (χ1n) is 8.51. The van der Waals surface area contributed by atoms with Crippen LogP contribution in [0.3, 0.4) is 0 Å². The number of piperazine rings is 1. The van der Waals surface area contributed by atoms with Crippen molar-refractivity contribution < 1.29 is 13.2 Å². The van der Waals surface area contributed by atoms with Gasteiger partial charge in [-0.2, -0.15) is 17.0 Å². The summed E-state index contributed by atoms with van der Waals surface area (Å²) in [5, 5.41) is 3.42. The normalized spacial score (nSPS) is 16.8. The second-order valence-electron chi connectivity index (χ2n) is 5.92. The number of anilines is 1. The summed E-state index contributed by atoms with van der Waals surface area (Å²) < 4.78 is 27.9. The van der Waals surface area contributed by atoms with Crippen LogP contribution in [0.5, 0.6) is 0 Å². The number of hydrogen-bond acceptors (Lipinski definition) is 4. The van der Waals surface area contributed by atoms with Crippen molar-refractivity contribution in [2.45, 2.75) is 13.8 Å². The van der Waals surface area contributed by atoms with Crippen LogP contribution in [-0.2, 0) is 15.0 Å². The molecule has 26 heavy (non-hydrogen) atoms. The van der Waals surface area contributed by atoms with Gasteiger partial charge in [-0.15, -0.1) is 0 Å². The number of benzene rings is 1. The van der Waals surface area contributed by atoms with Crippen LogP contribution >= 0.6 is 23.2 Å². The van der Waals surface area contributed by atoms with E-state index in [1.165, 1.54) is 8.61 Å². The third-order valence-corrected chi connectivity index (χ3v) is 7.29. The Balaban J connectivity index is 1.88. The van der Waals surface area contributed by atoms with Gasteiger partial charge in [0, 0.05) is 39.3 Å². The molecule has 0 atom stereocenters. The van der Waals surface area contributed by atoms with Gasteiger partial charge in [-0.3, -0.25) is 9.69 Å². The summed E-state index contributed by atoms with van der Waals surface area (Å²) in [5.41, 5.74) is 0.465. The maximum absolute atomic E-state index is 12.5. The molecule has 1 N–H and O–H groups in total. The Morgan fingerprint density at radius 1 is 1.15 bits per heavy atom. The standard InChI is InChI=1S/C16H24Cl2N4O3S/c1-3-21(4-2)26(24,25)22-10-8-20(9-11-22)12-15(23)19-14-7-5-6-13(17)16(14)18/h5-7H,3-4,8-12H2,1-2H3,(H,19,23). The van der Waals surface area contributed by atoms with Crippen molar-refractivity contribution in [2.24, 2.45) is 0 Å². The topological polar surface area (TPSA) is 73.0 Å². The lowest BCUT2D eigenvalue weighted by atomic mass is 10.3. The van der Waals surface area contributed by atoms with E-state index in [1.54, 1.807) is 18.2 Å². The van der Waals surface area contributed by atoms with E-state index in [1.807, 2.05) is 18.7 Å². The van der Waals surface area contributed by atoms with Gasteiger partial charge < -0.3 is 5.32 Å². The third-order valence-electron chi connectivity index (χ3n) is 4.28. The highest BCUT2D eigenvalue weighted by molar-refractivity contribution is 7.86. The maximum atomic E-state index is 12.5. The minimum Gasteiger partial charge on any atom is -0.324 e. The lowest BCUT2D eigenvalue weighted by Crippen LogP contribution is -2.54. The largest absolute Gasteiger partial charge is 0.324 e. The molecule has 1 aliphatic rings. The highest BCUT2D eigenvalue weighted by Crippen LogP contribution is 2.29. The van der Waals surface area contributed by atoms with E-state index in [4.69, 9.17) is 23.2 Å². The molecule has 146 valence electrons. The van der Waals surface area contributed by atoms with Crippen LogP contribution in [0.1, 0.15) is 13.8 Å². The zero-order valence-corrected chi connectivity index (χ0v) is 17.2. The van der Waals surface area contributed by atoms with Crippen LogP contribution < -0.4 is 5.32 Å². The third kappa shape index (κ3) is 5.09. The zero-order valence-electron chi connectivity index (χ0n) is 14.9. The molecule has 1 fully saturated rings. The van der Waals surface area contributed by atoms with Gasteiger partial charge in [0.05, 0.1) is 22.3 Å². The average molecular weight is 423 g/mol. The summed E-state index contributed by atoms with van der Waals surface area (Å²) >= 11 is 12.0. The zero-order chi connectivity index (χ0) is 19.3. The molecule has 1 aromatic rings. The minimum atomic E-state index is -3.43. The predicted octanol–water partition coefficient (Wildman–Crippen LogP) is 2.14. The highest BCUT2D eigenvalue weighted by atomic mass is 35.5. The fourth-order valence-electron chi connectivity index (χ4n) is 2.82. The summed E-state index contributed by atoms with van der Waals surface area (Å²) in [6.07, 6.45) is 0. The van der Waals surface area contributed by atoms with E-state index in [9.17, 15) is 13.2 Å². The van der Waals surface area contributed by atoms with Crippen LogP contribution in [0, 0.1) is 0 Å². The quantitative estimate of drug-likeness (QED) is 0.730. The molecule has 0 aliphatic carbocycles. The molecule has 0 saturated carbocycles. The first-order valence-corrected chi connectivity index (χ1v) is 10.7. The molecule has 1 amide bonds. The van der Waals surface area contributed by atoms with Crippen LogP contribution in [0.2, 0.25) is 10.0 Å². The summed E-state index contributed by atoms with van der Waals surface area (Å²) in [6, 6.07) is 5.04. The fraction of sp³-hybridized carbons (Fsp3) is 0.562. The molecule has 1 heterocycles. The Bertz CT molecular complexity index is 733. The highest BCUT2D eigenvalue weighted by Gasteiger charge is 2.31. The van der Waals surface area contributed by atoms with Crippen molar-refractivity contribution in [3.05, 3.63) is 28.2 Å². The number of halogens is 2. The van der Waals surface area contributed by atoms with Gasteiger partial charge in [-0.05, 0) is 12.1 Å². The first-order chi connectivity index (χ1) is 12.3. The smallest absolute Gasteiger partial charge is 0.282 e. The molecule has 10 heteroatoms. The lowest BCUT2D eigenvalue weighted by Gasteiger charge is -2.35. The van der Waals surface area contributed by atoms with Gasteiger partial charge in [0.1, 0.15) is 0 Å². The molecule has 0 bridgehead atoms. The Morgan fingerprint density at radius 2 is 1.77 bits per heavy atom. The van der Waals surface area contributed by atoms with E-state index >= 15 is 0 Å². The van der Waals surface area contributed by atoms with Gasteiger partial charge >= 0.3 is 0 Å². The molecule has 0 spiro atoms. The van der Waals surface area contributed by atoms with Crippen LogP contribution in [0.25, 0.3) is 0 Å². The summed E-state index contributed by atoms with van der Waals surface area (Å²) in [6.45, 7) is 6.43. The van der Waals surface area contributed by atoms with E-state index in [0.29, 0.717) is 55.0 Å². The Labute approximate surface area is 165 Å². The van der Waals surface area contributed by atoms with Gasteiger partial charge in [0.15, 0.2) is 0 Å². The summed E-state index contributed by atoms with van der Waals surface area (Å²) in [4.78, 5) is 14.1. The Hall–Kier alpha value is -0.900. The Kier molecular flexibility index (Phi) is 7.69. The molecule has 1 aliphatic heterocycles. The van der Waals surface area contributed by atoms with Crippen molar-refractivity contribution in [2.75, 3.05) is 51.1 Å². The van der Waals surface area contributed by atoms with Crippen molar-refractivity contribution in [1.82, 2.24) is 13.5 Å². The number of nitrogens with one attached hydrogen (secondary N) is 1. The first kappa shape index (κ1) is 21.4. The fourth-order valence-corrected chi connectivity index (χ4v) is 4.78. The van der Waals surface area contributed by atoms with Crippen LogP contribution in [0.15, 0.2) is 18.2 Å².